The summed E-state index contributed by atoms with van der Waals surface area (Å²) in [6, 6.07) is 9.86. The van der Waals surface area contributed by atoms with E-state index < -0.39 is 11.6 Å². The fourth-order valence-corrected chi connectivity index (χ4v) is 4.13. The second kappa shape index (κ2) is 16.6. The number of nitrogens with two attached hydrogens (primary N) is 2. The van der Waals surface area contributed by atoms with Gasteiger partial charge in [0, 0.05) is 16.9 Å². The quantitative estimate of drug-likeness (QED) is 0.0909. The summed E-state index contributed by atoms with van der Waals surface area (Å²) in [4.78, 5) is 26.4. The van der Waals surface area contributed by atoms with E-state index in [0.29, 0.717) is 19.0 Å². The smallest absolute Gasteiger partial charge is 0.239 e. The third-order valence-corrected chi connectivity index (χ3v) is 6.29. The Morgan fingerprint density at radius 1 is 0.639 bits per heavy atom. The molecule has 0 heterocycles. The van der Waals surface area contributed by atoms with Crippen LogP contribution < -0.4 is 20.9 Å². The molecule has 0 spiro atoms. The summed E-state index contributed by atoms with van der Waals surface area (Å²) in [6.45, 7) is 5.33. The number of carbonyl (C=O) groups is 2. The monoisotopic (exact) mass is 496 g/mol. The normalized spacial score (nSPS) is 10.8. The van der Waals surface area contributed by atoms with Crippen LogP contribution in [0.3, 0.4) is 0 Å². The van der Waals surface area contributed by atoms with Crippen molar-refractivity contribution in [2.45, 2.75) is 90.9 Å². The molecule has 2 rings (SSSR count). The van der Waals surface area contributed by atoms with Gasteiger partial charge in [0.05, 0.1) is 18.8 Å². The number of benzene rings is 2. The lowest BCUT2D eigenvalue weighted by atomic mass is 9.98. The van der Waals surface area contributed by atoms with Gasteiger partial charge in [-0.15, -0.1) is 0 Å². The zero-order valence-corrected chi connectivity index (χ0v) is 22.2. The zero-order valence-electron chi connectivity index (χ0n) is 22.2. The Bertz CT molecular complexity index is 958. The Labute approximate surface area is 216 Å². The summed E-state index contributed by atoms with van der Waals surface area (Å²) in [5.41, 5.74) is 12.8. The van der Waals surface area contributed by atoms with Gasteiger partial charge in [0.25, 0.3) is 0 Å². The van der Waals surface area contributed by atoms with E-state index in [0.717, 1.165) is 32.1 Å². The lowest BCUT2D eigenvalue weighted by molar-refractivity contribution is 0.0815. The molecule has 0 aromatic heterocycles. The number of para-hydroxylation sites is 1. The van der Waals surface area contributed by atoms with E-state index in [1.54, 1.807) is 36.4 Å². The maximum atomic E-state index is 13.4. The first-order valence-corrected chi connectivity index (χ1v) is 13.6. The molecule has 2 aromatic rings. The van der Waals surface area contributed by atoms with Crippen LogP contribution >= 0.6 is 0 Å². The van der Waals surface area contributed by atoms with Crippen molar-refractivity contribution in [3.8, 4) is 11.5 Å². The summed E-state index contributed by atoms with van der Waals surface area (Å²) in [5.74, 6) is -0.756. The van der Waals surface area contributed by atoms with Crippen LogP contribution in [0, 0.1) is 0 Å². The molecule has 0 bridgehead atoms. The molecule has 0 aliphatic rings. The van der Waals surface area contributed by atoms with Crippen LogP contribution in [0.5, 0.6) is 11.5 Å². The standard InChI is InChI=1S/C30H44N2O4/c1-3-5-7-9-11-15-21-35-26-20-19-25(32)27(30(26)36-22-16-12-10-8-6-4-2)29(34)28(33)23-17-13-14-18-24(23)31/h13-14,17-20H,3-12,15-16,21-22,31-32H2,1-2H3. The van der Waals surface area contributed by atoms with E-state index in [1.807, 2.05) is 0 Å². The van der Waals surface area contributed by atoms with Gasteiger partial charge in [-0.3, -0.25) is 9.59 Å². The summed E-state index contributed by atoms with van der Waals surface area (Å²) < 4.78 is 12.1. The van der Waals surface area contributed by atoms with E-state index >= 15 is 0 Å². The lowest BCUT2D eigenvalue weighted by Gasteiger charge is -2.18. The molecular formula is C30H44N2O4. The highest BCUT2D eigenvalue weighted by atomic mass is 16.5. The molecule has 0 aliphatic heterocycles. The van der Waals surface area contributed by atoms with Crippen molar-refractivity contribution in [3.63, 3.8) is 0 Å². The summed E-state index contributed by atoms with van der Waals surface area (Å²) in [6.07, 6.45) is 13.5. The third kappa shape index (κ3) is 9.21. The van der Waals surface area contributed by atoms with Crippen LogP contribution in [0.1, 0.15) is 112 Å². The number of Topliss-reactive ketones (excluding diaryl/α,β-unsaturated/α-hetero) is 2. The molecule has 6 heteroatoms. The van der Waals surface area contributed by atoms with Crippen LogP contribution in [0.15, 0.2) is 36.4 Å². The van der Waals surface area contributed by atoms with E-state index in [4.69, 9.17) is 20.9 Å². The van der Waals surface area contributed by atoms with Crippen molar-refractivity contribution in [3.05, 3.63) is 47.5 Å². The van der Waals surface area contributed by atoms with Gasteiger partial charge < -0.3 is 20.9 Å². The number of hydrogen-bond donors (Lipinski definition) is 2. The number of anilines is 2. The van der Waals surface area contributed by atoms with E-state index in [1.165, 1.54) is 44.9 Å². The number of ether oxygens (including phenoxy) is 2. The first-order chi connectivity index (χ1) is 17.5. The van der Waals surface area contributed by atoms with Crippen molar-refractivity contribution < 1.29 is 19.1 Å². The number of hydrogen-bond acceptors (Lipinski definition) is 6. The molecule has 4 N–H and O–H groups in total. The van der Waals surface area contributed by atoms with Crippen molar-refractivity contribution in [1.82, 2.24) is 0 Å². The molecule has 0 amide bonds. The van der Waals surface area contributed by atoms with Gasteiger partial charge >= 0.3 is 0 Å². The topological polar surface area (TPSA) is 105 Å². The first kappa shape index (κ1) is 29.2. The molecule has 2 aromatic carbocycles. The van der Waals surface area contributed by atoms with Crippen molar-refractivity contribution in [1.29, 1.82) is 0 Å². The molecule has 0 aliphatic carbocycles. The highest BCUT2D eigenvalue weighted by molar-refractivity contribution is 6.51. The Morgan fingerprint density at radius 3 is 1.81 bits per heavy atom. The average molecular weight is 497 g/mol. The molecule has 0 atom stereocenters. The second-order valence-corrected chi connectivity index (χ2v) is 9.34. The van der Waals surface area contributed by atoms with Crippen LogP contribution in [0.2, 0.25) is 0 Å². The van der Waals surface area contributed by atoms with Crippen molar-refractivity contribution in [2.24, 2.45) is 0 Å². The molecule has 0 fully saturated rings. The van der Waals surface area contributed by atoms with Gasteiger partial charge in [-0.05, 0) is 37.1 Å². The summed E-state index contributed by atoms with van der Waals surface area (Å²) >= 11 is 0. The summed E-state index contributed by atoms with van der Waals surface area (Å²) in [7, 11) is 0. The fraction of sp³-hybridized carbons (Fsp3) is 0.533. The molecule has 6 nitrogen and oxygen atoms in total. The molecule has 0 unspecified atom stereocenters. The van der Waals surface area contributed by atoms with Crippen LogP contribution in [0.25, 0.3) is 0 Å². The number of nitrogen functional groups attached to an aromatic ring is 2. The number of rotatable bonds is 19. The van der Waals surface area contributed by atoms with Crippen molar-refractivity contribution >= 4 is 22.9 Å². The minimum atomic E-state index is -0.742. The first-order valence-electron chi connectivity index (χ1n) is 13.6. The Hall–Kier alpha value is -3.02. The second-order valence-electron chi connectivity index (χ2n) is 9.34. The van der Waals surface area contributed by atoms with E-state index in [9.17, 15) is 9.59 Å². The Balaban J connectivity index is 2.18. The van der Waals surface area contributed by atoms with Gasteiger partial charge in [0.1, 0.15) is 0 Å². The van der Waals surface area contributed by atoms with Crippen LogP contribution in [0.4, 0.5) is 11.4 Å². The highest BCUT2D eigenvalue weighted by Gasteiger charge is 2.28. The largest absolute Gasteiger partial charge is 0.490 e. The Morgan fingerprint density at radius 2 is 1.19 bits per heavy atom. The number of ketones is 2. The van der Waals surface area contributed by atoms with Gasteiger partial charge in [-0.2, -0.15) is 0 Å². The highest BCUT2D eigenvalue weighted by Crippen LogP contribution is 2.37. The molecule has 0 radical (unpaired) electrons. The lowest BCUT2D eigenvalue weighted by Crippen LogP contribution is -2.19. The molecule has 0 saturated heterocycles. The van der Waals surface area contributed by atoms with Crippen molar-refractivity contribution in [2.75, 3.05) is 24.7 Å². The predicted molar refractivity (Wildman–Crippen MR) is 148 cm³/mol. The molecule has 36 heavy (non-hydrogen) atoms. The SMILES string of the molecule is CCCCCCCCOc1ccc(N)c(C(=O)C(=O)c2ccccc2N)c1OCCCCCCCC. The van der Waals surface area contributed by atoms with Gasteiger partial charge in [0.15, 0.2) is 11.5 Å². The maximum absolute atomic E-state index is 13.4. The number of unbranched alkanes of at least 4 members (excludes halogenated alkanes) is 10. The fourth-order valence-electron chi connectivity index (χ4n) is 4.13. The van der Waals surface area contributed by atoms with Crippen LogP contribution in [-0.4, -0.2) is 24.8 Å². The molecule has 198 valence electrons. The van der Waals surface area contributed by atoms with Gasteiger partial charge in [0.2, 0.25) is 11.6 Å². The van der Waals surface area contributed by atoms with Gasteiger partial charge in [-0.1, -0.05) is 90.2 Å². The van der Waals surface area contributed by atoms with Crippen LogP contribution in [-0.2, 0) is 0 Å². The number of carbonyl (C=O) groups excluding carboxylic acids is 2. The average Bonchev–Trinajstić information content (AvgIpc) is 2.88. The minimum absolute atomic E-state index is 0.0506. The van der Waals surface area contributed by atoms with Gasteiger partial charge in [-0.25, -0.2) is 0 Å². The Kier molecular flexibility index (Phi) is 13.5. The summed E-state index contributed by atoms with van der Waals surface area (Å²) in [5, 5.41) is 0. The minimum Gasteiger partial charge on any atom is -0.490 e. The van der Waals surface area contributed by atoms with E-state index in [2.05, 4.69) is 13.8 Å². The van der Waals surface area contributed by atoms with E-state index in [-0.39, 0.29) is 28.3 Å². The molecule has 0 saturated carbocycles. The third-order valence-electron chi connectivity index (χ3n) is 6.29. The predicted octanol–water partition coefficient (Wildman–Crippen LogP) is 7.40. The molecular weight excluding hydrogens is 452 g/mol. The maximum Gasteiger partial charge on any atom is 0.239 e. The zero-order chi connectivity index (χ0) is 26.2.